The van der Waals surface area contributed by atoms with Crippen LogP contribution in [-0.4, -0.2) is 22.7 Å². The normalized spacial score (nSPS) is 16.1. The van der Waals surface area contributed by atoms with Gasteiger partial charge in [-0.3, -0.25) is 0 Å². The molecule has 4 heteroatoms. The van der Waals surface area contributed by atoms with Crippen molar-refractivity contribution < 1.29 is 5.11 Å². The Labute approximate surface area is 102 Å². The second-order valence-electron chi connectivity index (χ2n) is 5.23. The van der Waals surface area contributed by atoms with Crippen molar-refractivity contribution in [1.29, 1.82) is 0 Å². The van der Waals surface area contributed by atoms with Crippen molar-refractivity contribution in [2.45, 2.75) is 46.3 Å². The minimum Gasteiger partial charge on any atom is -0.393 e. The van der Waals surface area contributed by atoms with Gasteiger partial charge in [0.2, 0.25) is 0 Å². The van der Waals surface area contributed by atoms with E-state index in [9.17, 15) is 5.11 Å². The van der Waals surface area contributed by atoms with E-state index in [-0.39, 0.29) is 17.6 Å². The zero-order valence-electron chi connectivity index (χ0n) is 10.5. The molecule has 0 aliphatic rings. The Kier molecular flexibility index (Phi) is 4.89. The Bertz CT molecular complexity index is 296. The maximum absolute atomic E-state index is 9.40. The van der Waals surface area contributed by atoms with Gasteiger partial charge in [-0.1, -0.05) is 13.8 Å². The molecule has 16 heavy (non-hydrogen) atoms. The molecule has 0 amide bonds. The Hall–Kier alpha value is -0.450. The molecule has 2 N–H and O–H groups in total. The Morgan fingerprint density at radius 3 is 2.69 bits per heavy atom. The third-order valence-electron chi connectivity index (χ3n) is 2.63. The van der Waals surface area contributed by atoms with Gasteiger partial charge >= 0.3 is 0 Å². The summed E-state index contributed by atoms with van der Waals surface area (Å²) in [7, 11) is 0. The molecule has 0 bridgehead atoms. The standard InChI is InChI=1S/C12H22N2OS/c1-9(15)5-12(3,4)7-13-10(2)11-6-16-8-14-11/h6,8-10,13,15H,5,7H2,1-4H3. The average molecular weight is 242 g/mol. The molecule has 2 unspecified atom stereocenters. The van der Waals surface area contributed by atoms with Crippen LogP contribution in [0.1, 0.15) is 45.9 Å². The van der Waals surface area contributed by atoms with Crippen molar-refractivity contribution in [3.05, 3.63) is 16.6 Å². The molecule has 3 nitrogen and oxygen atoms in total. The molecule has 0 aliphatic carbocycles. The number of nitrogens with one attached hydrogen (secondary N) is 1. The molecule has 0 saturated carbocycles. The fourth-order valence-corrected chi connectivity index (χ4v) is 2.49. The van der Waals surface area contributed by atoms with Gasteiger partial charge in [-0.25, -0.2) is 4.98 Å². The molecule has 0 aromatic carbocycles. The maximum atomic E-state index is 9.40. The fourth-order valence-electron chi connectivity index (χ4n) is 1.84. The van der Waals surface area contributed by atoms with Crippen LogP contribution < -0.4 is 5.32 Å². The molecule has 1 heterocycles. The van der Waals surface area contributed by atoms with Gasteiger partial charge in [-0.2, -0.15) is 0 Å². The largest absolute Gasteiger partial charge is 0.393 e. The van der Waals surface area contributed by atoms with Crippen molar-refractivity contribution in [2.75, 3.05) is 6.54 Å². The topological polar surface area (TPSA) is 45.1 Å². The highest BCUT2D eigenvalue weighted by Crippen LogP contribution is 2.22. The second kappa shape index (κ2) is 5.75. The van der Waals surface area contributed by atoms with E-state index in [0.29, 0.717) is 0 Å². The highest BCUT2D eigenvalue weighted by Gasteiger charge is 2.21. The lowest BCUT2D eigenvalue weighted by atomic mass is 9.87. The predicted molar refractivity (Wildman–Crippen MR) is 68.6 cm³/mol. The molecule has 2 atom stereocenters. The maximum Gasteiger partial charge on any atom is 0.0795 e. The van der Waals surface area contributed by atoms with Crippen LogP contribution >= 0.6 is 11.3 Å². The van der Waals surface area contributed by atoms with Crippen LogP contribution in [0.15, 0.2) is 10.9 Å². The number of hydrogen-bond donors (Lipinski definition) is 2. The summed E-state index contributed by atoms with van der Waals surface area (Å²) in [5.74, 6) is 0. The number of aliphatic hydroxyl groups excluding tert-OH is 1. The molecule has 1 aromatic rings. The van der Waals surface area contributed by atoms with Crippen LogP contribution in [0.25, 0.3) is 0 Å². The first kappa shape index (κ1) is 13.6. The van der Waals surface area contributed by atoms with Gasteiger partial charge in [-0.15, -0.1) is 11.3 Å². The fraction of sp³-hybridized carbons (Fsp3) is 0.750. The summed E-state index contributed by atoms with van der Waals surface area (Å²) < 4.78 is 0. The first-order valence-corrected chi connectivity index (χ1v) is 6.64. The van der Waals surface area contributed by atoms with Crippen molar-refractivity contribution in [1.82, 2.24) is 10.3 Å². The lowest BCUT2D eigenvalue weighted by molar-refractivity contribution is 0.126. The van der Waals surface area contributed by atoms with E-state index < -0.39 is 0 Å². The Morgan fingerprint density at radius 2 is 2.19 bits per heavy atom. The lowest BCUT2D eigenvalue weighted by Crippen LogP contribution is -2.33. The molecule has 0 fully saturated rings. The van der Waals surface area contributed by atoms with Crippen molar-refractivity contribution in [2.24, 2.45) is 5.41 Å². The van der Waals surface area contributed by atoms with E-state index in [1.54, 1.807) is 11.3 Å². The lowest BCUT2D eigenvalue weighted by Gasteiger charge is -2.28. The second-order valence-corrected chi connectivity index (χ2v) is 5.95. The van der Waals surface area contributed by atoms with Gasteiger partial charge in [-0.05, 0) is 25.7 Å². The number of aromatic nitrogens is 1. The smallest absolute Gasteiger partial charge is 0.0795 e. The van der Waals surface area contributed by atoms with Crippen LogP contribution in [0.5, 0.6) is 0 Å². The summed E-state index contributed by atoms with van der Waals surface area (Å²) in [4.78, 5) is 4.28. The summed E-state index contributed by atoms with van der Waals surface area (Å²) in [5.41, 5.74) is 3.06. The molecule has 1 rings (SSSR count). The summed E-state index contributed by atoms with van der Waals surface area (Å²) in [6.45, 7) is 9.18. The summed E-state index contributed by atoms with van der Waals surface area (Å²) >= 11 is 1.62. The van der Waals surface area contributed by atoms with E-state index in [4.69, 9.17) is 0 Å². The van der Waals surface area contributed by atoms with Crippen LogP contribution in [-0.2, 0) is 0 Å². The van der Waals surface area contributed by atoms with Gasteiger partial charge in [0, 0.05) is 18.0 Å². The Morgan fingerprint density at radius 1 is 1.50 bits per heavy atom. The molecule has 0 spiro atoms. The van der Waals surface area contributed by atoms with Crippen LogP contribution in [0.2, 0.25) is 0 Å². The Balaban J connectivity index is 2.39. The highest BCUT2D eigenvalue weighted by molar-refractivity contribution is 7.07. The summed E-state index contributed by atoms with van der Waals surface area (Å²) in [5, 5.41) is 14.9. The first-order valence-electron chi connectivity index (χ1n) is 5.70. The first-order chi connectivity index (χ1) is 7.41. The number of hydrogen-bond acceptors (Lipinski definition) is 4. The van der Waals surface area contributed by atoms with Gasteiger partial charge in [0.05, 0.1) is 17.3 Å². The third-order valence-corrected chi connectivity index (χ3v) is 3.23. The molecule has 92 valence electrons. The predicted octanol–water partition coefficient (Wildman–Crippen LogP) is 2.59. The molecule has 1 aromatic heterocycles. The summed E-state index contributed by atoms with van der Waals surface area (Å²) in [6.07, 6.45) is 0.565. The van der Waals surface area contributed by atoms with Gasteiger partial charge < -0.3 is 10.4 Å². The van der Waals surface area contributed by atoms with E-state index >= 15 is 0 Å². The van der Waals surface area contributed by atoms with Crippen LogP contribution in [0.4, 0.5) is 0 Å². The minimum atomic E-state index is -0.244. The van der Waals surface area contributed by atoms with Gasteiger partial charge in [0.25, 0.3) is 0 Å². The van der Waals surface area contributed by atoms with Gasteiger partial charge in [0.15, 0.2) is 0 Å². The number of aliphatic hydroxyl groups is 1. The number of rotatable bonds is 6. The molecule has 0 saturated heterocycles. The number of thiazole rings is 1. The van der Waals surface area contributed by atoms with E-state index in [0.717, 1.165) is 18.7 Å². The molecular weight excluding hydrogens is 220 g/mol. The van der Waals surface area contributed by atoms with Crippen molar-refractivity contribution >= 4 is 11.3 Å². The van der Waals surface area contributed by atoms with Crippen LogP contribution in [0, 0.1) is 5.41 Å². The van der Waals surface area contributed by atoms with Gasteiger partial charge in [0.1, 0.15) is 0 Å². The minimum absolute atomic E-state index is 0.110. The van der Waals surface area contributed by atoms with Crippen molar-refractivity contribution in [3.63, 3.8) is 0 Å². The monoisotopic (exact) mass is 242 g/mol. The zero-order chi connectivity index (χ0) is 12.2. The van der Waals surface area contributed by atoms with E-state index in [1.807, 2.05) is 12.4 Å². The zero-order valence-corrected chi connectivity index (χ0v) is 11.3. The summed E-state index contributed by atoms with van der Waals surface area (Å²) in [6, 6.07) is 0.277. The third kappa shape index (κ3) is 4.60. The SMILES string of the molecule is CC(O)CC(C)(C)CNC(C)c1cscn1. The molecular formula is C12H22N2OS. The van der Waals surface area contributed by atoms with E-state index in [2.05, 4.69) is 36.5 Å². The van der Waals surface area contributed by atoms with E-state index in [1.165, 1.54) is 0 Å². The average Bonchev–Trinajstić information content (AvgIpc) is 2.64. The number of nitrogens with zero attached hydrogens (tertiary/aromatic N) is 1. The molecule has 0 radical (unpaired) electrons. The highest BCUT2D eigenvalue weighted by atomic mass is 32.1. The van der Waals surface area contributed by atoms with Crippen LogP contribution in [0.3, 0.4) is 0 Å². The van der Waals surface area contributed by atoms with Crippen molar-refractivity contribution in [3.8, 4) is 0 Å². The quantitative estimate of drug-likeness (QED) is 0.806. The molecule has 0 aliphatic heterocycles.